The molecular weight excluding hydrogens is 272 g/mol. The molecule has 1 amide bonds. The van der Waals surface area contributed by atoms with Crippen LogP contribution < -0.4 is 5.73 Å². The molecule has 0 aromatic carbocycles. The van der Waals surface area contributed by atoms with E-state index >= 15 is 0 Å². The summed E-state index contributed by atoms with van der Waals surface area (Å²) >= 11 is 5.04. The van der Waals surface area contributed by atoms with Crippen LogP contribution in [0.2, 0.25) is 0 Å². The lowest BCUT2D eigenvalue weighted by molar-refractivity contribution is -0.143. The Morgan fingerprint density at radius 2 is 1.83 bits per heavy atom. The predicted octanol–water partition coefficient (Wildman–Crippen LogP) is -0.0542. The van der Waals surface area contributed by atoms with Gasteiger partial charge in [-0.3, -0.25) is 4.79 Å². The van der Waals surface area contributed by atoms with Crippen molar-refractivity contribution in [1.82, 2.24) is 4.90 Å². The summed E-state index contributed by atoms with van der Waals surface area (Å²) < 4.78 is 22.7. The van der Waals surface area contributed by atoms with Crippen LogP contribution in [0.25, 0.3) is 0 Å². The fraction of sp³-hybridized carbons (Fsp3) is 0.818. The van der Waals surface area contributed by atoms with Gasteiger partial charge in [-0.15, -0.1) is 0 Å². The van der Waals surface area contributed by atoms with Crippen molar-refractivity contribution < 1.29 is 13.2 Å². The zero-order chi connectivity index (χ0) is 13.6. The van der Waals surface area contributed by atoms with Gasteiger partial charge in [0.15, 0.2) is 9.84 Å². The summed E-state index contributed by atoms with van der Waals surface area (Å²) in [4.78, 5) is 14.3. The van der Waals surface area contributed by atoms with E-state index in [1.807, 2.05) is 0 Å². The van der Waals surface area contributed by atoms with Gasteiger partial charge < -0.3 is 10.6 Å². The van der Waals surface area contributed by atoms with Crippen LogP contribution in [0, 0.1) is 11.3 Å². The lowest BCUT2D eigenvalue weighted by Crippen LogP contribution is -2.59. The molecule has 0 radical (unpaired) electrons. The molecule has 2 fully saturated rings. The van der Waals surface area contributed by atoms with Crippen LogP contribution in [0.4, 0.5) is 0 Å². The first-order valence-corrected chi connectivity index (χ1v) is 8.29. The Labute approximate surface area is 113 Å². The van der Waals surface area contributed by atoms with Crippen LogP contribution in [0.15, 0.2) is 0 Å². The predicted molar refractivity (Wildman–Crippen MR) is 72.9 cm³/mol. The zero-order valence-electron chi connectivity index (χ0n) is 10.4. The van der Waals surface area contributed by atoms with Crippen molar-refractivity contribution in [1.29, 1.82) is 0 Å². The molecule has 1 saturated carbocycles. The fourth-order valence-corrected chi connectivity index (χ4v) is 4.28. The summed E-state index contributed by atoms with van der Waals surface area (Å²) in [7, 11) is -2.97. The number of hydrogen-bond acceptors (Lipinski definition) is 4. The molecule has 18 heavy (non-hydrogen) atoms. The van der Waals surface area contributed by atoms with E-state index in [0.29, 0.717) is 18.8 Å². The topological polar surface area (TPSA) is 80.5 Å². The average Bonchev–Trinajstić information content (AvgIpc) is 2.23. The van der Waals surface area contributed by atoms with Crippen molar-refractivity contribution in [2.24, 2.45) is 17.1 Å². The van der Waals surface area contributed by atoms with E-state index in [1.165, 1.54) is 0 Å². The van der Waals surface area contributed by atoms with Gasteiger partial charge in [0.1, 0.15) is 0 Å². The van der Waals surface area contributed by atoms with E-state index < -0.39 is 15.3 Å². The molecule has 0 aromatic rings. The van der Waals surface area contributed by atoms with E-state index in [-0.39, 0.29) is 35.5 Å². The molecule has 1 saturated heterocycles. The molecule has 7 heteroatoms. The molecular formula is C11H18N2O3S2. The highest BCUT2D eigenvalue weighted by Gasteiger charge is 2.52. The number of carbonyl (C=O) groups excluding carboxylic acids is 1. The van der Waals surface area contributed by atoms with Gasteiger partial charge in [-0.05, 0) is 18.8 Å². The van der Waals surface area contributed by atoms with Gasteiger partial charge in [-0.1, -0.05) is 19.1 Å². The van der Waals surface area contributed by atoms with Crippen molar-refractivity contribution >= 4 is 33.0 Å². The molecule has 2 aliphatic rings. The number of nitrogens with two attached hydrogens (primary N) is 1. The lowest BCUT2D eigenvalue weighted by atomic mass is 9.61. The number of carbonyl (C=O) groups is 1. The van der Waals surface area contributed by atoms with Gasteiger partial charge in [0.25, 0.3) is 0 Å². The maximum absolute atomic E-state index is 12.5. The van der Waals surface area contributed by atoms with Gasteiger partial charge in [0, 0.05) is 13.1 Å². The quantitative estimate of drug-likeness (QED) is 0.721. The zero-order valence-corrected chi connectivity index (χ0v) is 12.0. The van der Waals surface area contributed by atoms with Crippen LogP contribution >= 0.6 is 12.2 Å². The summed E-state index contributed by atoms with van der Waals surface area (Å²) in [5.41, 5.74) is 5.01. The van der Waals surface area contributed by atoms with Crippen LogP contribution in [-0.2, 0) is 14.6 Å². The molecule has 0 atom stereocenters. The first-order valence-electron chi connectivity index (χ1n) is 6.06. The number of thiocarbonyl (C=S) groups is 1. The summed E-state index contributed by atoms with van der Waals surface area (Å²) in [5, 5.41) is 0. The third kappa shape index (κ3) is 2.25. The molecule has 2 rings (SSSR count). The molecule has 0 unspecified atom stereocenters. The Morgan fingerprint density at radius 1 is 1.33 bits per heavy atom. The first-order chi connectivity index (χ1) is 8.27. The normalized spacial score (nSPS) is 34.7. The molecule has 2 N–H and O–H groups in total. The highest BCUT2D eigenvalue weighted by atomic mass is 32.2. The van der Waals surface area contributed by atoms with Crippen LogP contribution in [0.1, 0.15) is 19.8 Å². The third-order valence-corrected chi connectivity index (χ3v) is 5.91. The van der Waals surface area contributed by atoms with Crippen LogP contribution in [-0.4, -0.2) is 48.8 Å². The Balaban J connectivity index is 2.10. The fourth-order valence-electron chi connectivity index (χ4n) is 2.83. The third-order valence-electron chi connectivity index (χ3n) is 3.91. The van der Waals surface area contributed by atoms with Crippen molar-refractivity contribution in [2.45, 2.75) is 19.8 Å². The van der Waals surface area contributed by atoms with Crippen LogP contribution in [0.3, 0.4) is 0 Å². The maximum Gasteiger partial charge on any atom is 0.235 e. The Bertz CT molecular complexity index is 467. The molecule has 0 aromatic heterocycles. The molecule has 0 bridgehead atoms. The minimum Gasteiger partial charge on any atom is -0.392 e. The summed E-state index contributed by atoms with van der Waals surface area (Å²) in [6, 6.07) is 0. The molecule has 1 aliphatic heterocycles. The number of sulfone groups is 1. The summed E-state index contributed by atoms with van der Waals surface area (Å²) in [6.45, 7) is 2.59. The molecule has 0 spiro atoms. The first kappa shape index (κ1) is 13.7. The number of rotatable bonds is 2. The summed E-state index contributed by atoms with van der Waals surface area (Å²) in [5.74, 6) is 0.454. The Kier molecular flexibility index (Phi) is 3.40. The van der Waals surface area contributed by atoms with E-state index in [0.717, 1.165) is 0 Å². The molecule has 1 aliphatic carbocycles. The minimum atomic E-state index is -2.97. The van der Waals surface area contributed by atoms with E-state index in [9.17, 15) is 13.2 Å². The van der Waals surface area contributed by atoms with Crippen molar-refractivity contribution in [3.8, 4) is 0 Å². The number of amides is 1. The Morgan fingerprint density at radius 3 is 2.22 bits per heavy atom. The van der Waals surface area contributed by atoms with Gasteiger partial charge in [0.05, 0.1) is 21.9 Å². The summed E-state index contributed by atoms with van der Waals surface area (Å²) in [6.07, 6.45) is 1.37. The van der Waals surface area contributed by atoms with Crippen molar-refractivity contribution in [3.05, 3.63) is 0 Å². The van der Waals surface area contributed by atoms with Gasteiger partial charge in [-0.2, -0.15) is 0 Å². The van der Waals surface area contributed by atoms with E-state index in [1.54, 1.807) is 4.90 Å². The van der Waals surface area contributed by atoms with Gasteiger partial charge >= 0.3 is 0 Å². The second kappa shape index (κ2) is 4.45. The molecule has 1 heterocycles. The standard InChI is InChI=1S/C11H18N2O3S2/c1-8-6-11(7-8,9(12)17)10(14)13-2-4-18(15,16)5-3-13/h8H,2-7H2,1H3,(H2,12,17). The minimum absolute atomic E-state index is 0.0434. The second-order valence-corrected chi connectivity index (χ2v) is 8.15. The Hall–Kier alpha value is -0.690. The SMILES string of the molecule is CC1CC(C(=O)N2CCS(=O)(=O)CC2)(C(N)=S)C1. The largest absolute Gasteiger partial charge is 0.392 e. The second-order valence-electron chi connectivity index (χ2n) is 5.40. The number of nitrogens with zero attached hydrogens (tertiary/aromatic N) is 1. The van der Waals surface area contributed by atoms with Crippen molar-refractivity contribution in [2.75, 3.05) is 24.6 Å². The van der Waals surface area contributed by atoms with E-state index in [4.69, 9.17) is 18.0 Å². The smallest absolute Gasteiger partial charge is 0.235 e. The lowest BCUT2D eigenvalue weighted by Gasteiger charge is -2.47. The van der Waals surface area contributed by atoms with Gasteiger partial charge in [-0.25, -0.2) is 8.42 Å². The van der Waals surface area contributed by atoms with Gasteiger partial charge in [0.2, 0.25) is 5.91 Å². The molecule has 102 valence electrons. The van der Waals surface area contributed by atoms with E-state index in [2.05, 4.69) is 6.92 Å². The average molecular weight is 290 g/mol. The van der Waals surface area contributed by atoms with Crippen LogP contribution in [0.5, 0.6) is 0 Å². The highest BCUT2D eigenvalue weighted by molar-refractivity contribution is 7.91. The number of hydrogen-bond donors (Lipinski definition) is 1. The van der Waals surface area contributed by atoms with Crippen molar-refractivity contribution in [3.63, 3.8) is 0 Å². The maximum atomic E-state index is 12.5. The molecule has 5 nitrogen and oxygen atoms in total. The monoisotopic (exact) mass is 290 g/mol. The highest BCUT2D eigenvalue weighted by Crippen LogP contribution is 2.47.